The molecule has 0 bridgehead atoms. The van der Waals surface area contributed by atoms with E-state index in [4.69, 9.17) is 5.73 Å². The van der Waals surface area contributed by atoms with E-state index < -0.39 is 0 Å². The second-order valence-corrected chi connectivity index (χ2v) is 5.07. The van der Waals surface area contributed by atoms with Crippen molar-refractivity contribution in [1.82, 2.24) is 24.7 Å². The summed E-state index contributed by atoms with van der Waals surface area (Å²) < 4.78 is 1.89. The van der Waals surface area contributed by atoms with E-state index in [1.807, 2.05) is 17.8 Å². The Bertz CT molecular complexity index is 536. The Labute approximate surface area is 111 Å². The van der Waals surface area contributed by atoms with E-state index in [1.54, 1.807) is 6.33 Å². The van der Waals surface area contributed by atoms with Crippen LogP contribution in [0.4, 0.5) is 5.95 Å². The van der Waals surface area contributed by atoms with Crippen molar-refractivity contribution in [3.8, 4) is 11.5 Å². The molecule has 3 N–H and O–H groups in total. The predicted molar refractivity (Wildman–Crippen MR) is 72.6 cm³/mol. The van der Waals surface area contributed by atoms with E-state index in [0.717, 1.165) is 49.9 Å². The summed E-state index contributed by atoms with van der Waals surface area (Å²) in [5, 5.41) is 7.24. The van der Waals surface area contributed by atoms with E-state index in [0.29, 0.717) is 5.92 Å². The number of aromatic amines is 1. The minimum absolute atomic E-state index is 0.644. The molecule has 1 fully saturated rings. The van der Waals surface area contributed by atoms with Crippen molar-refractivity contribution in [3.05, 3.63) is 12.5 Å². The number of H-pyrrole nitrogens is 1. The van der Waals surface area contributed by atoms with Crippen LogP contribution in [0.3, 0.4) is 0 Å². The number of aryl methyl sites for hydroxylation is 1. The predicted octanol–water partition coefficient (Wildman–Crippen LogP) is 0.380. The number of piperidine rings is 1. The lowest BCUT2D eigenvalue weighted by Crippen LogP contribution is -2.36. The van der Waals surface area contributed by atoms with Gasteiger partial charge in [-0.3, -0.25) is 5.10 Å². The topological polar surface area (TPSA) is 88.7 Å². The van der Waals surface area contributed by atoms with Gasteiger partial charge in [0.05, 0.1) is 6.33 Å². The summed E-state index contributed by atoms with van der Waals surface area (Å²) in [7, 11) is 1.94. The number of imidazole rings is 1. The molecule has 19 heavy (non-hydrogen) atoms. The zero-order valence-corrected chi connectivity index (χ0v) is 11.1. The van der Waals surface area contributed by atoms with Crippen LogP contribution in [0.1, 0.15) is 12.8 Å². The summed E-state index contributed by atoms with van der Waals surface area (Å²) in [5.74, 6) is 2.12. The quantitative estimate of drug-likeness (QED) is 0.834. The summed E-state index contributed by atoms with van der Waals surface area (Å²) in [6.45, 7) is 2.73. The van der Waals surface area contributed by atoms with Crippen LogP contribution >= 0.6 is 0 Å². The first kappa shape index (κ1) is 12.2. The second kappa shape index (κ2) is 5.00. The first-order valence-corrected chi connectivity index (χ1v) is 6.62. The van der Waals surface area contributed by atoms with E-state index in [1.165, 1.54) is 0 Å². The van der Waals surface area contributed by atoms with Gasteiger partial charge in [0.1, 0.15) is 5.69 Å². The Morgan fingerprint density at radius 1 is 1.42 bits per heavy atom. The maximum atomic E-state index is 5.70. The highest BCUT2D eigenvalue weighted by molar-refractivity contribution is 5.50. The summed E-state index contributed by atoms with van der Waals surface area (Å²) in [6.07, 6.45) is 5.91. The third kappa shape index (κ3) is 2.46. The highest BCUT2D eigenvalue weighted by Crippen LogP contribution is 2.21. The van der Waals surface area contributed by atoms with Crippen LogP contribution in [-0.2, 0) is 7.05 Å². The number of nitrogens with two attached hydrogens (primary N) is 1. The van der Waals surface area contributed by atoms with E-state index in [-0.39, 0.29) is 0 Å². The van der Waals surface area contributed by atoms with Gasteiger partial charge in [-0.2, -0.15) is 4.98 Å². The monoisotopic (exact) mass is 261 g/mol. The smallest absolute Gasteiger partial charge is 0.245 e. The van der Waals surface area contributed by atoms with Crippen molar-refractivity contribution in [2.45, 2.75) is 12.8 Å². The molecule has 1 aliphatic heterocycles. The lowest BCUT2D eigenvalue weighted by Gasteiger charge is -2.30. The zero-order valence-electron chi connectivity index (χ0n) is 11.1. The van der Waals surface area contributed by atoms with Gasteiger partial charge in [-0.15, -0.1) is 5.10 Å². The molecule has 7 heteroatoms. The Kier molecular flexibility index (Phi) is 3.20. The standard InChI is InChI=1S/C12H19N7/c1-18-7-10(14-8-18)11-15-12(17-16-11)19-4-2-9(6-13)3-5-19/h7-9H,2-6,13H2,1H3,(H,15,16,17). The van der Waals surface area contributed by atoms with Crippen LogP contribution in [-0.4, -0.2) is 44.4 Å². The Morgan fingerprint density at radius 3 is 2.84 bits per heavy atom. The summed E-state index contributed by atoms with van der Waals surface area (Å²) >= 11 is 0. The number of anilines is 1. The molecule has 3 rings (SSSR count). The fraction of sp³-hybridized carbons (Fsp3) is 0.583. The van der Waals surface area contributed by atoms with Gasteiger partial charge in [0.2, 0.25) is 5.95 Å². The molecule has 0 atom stereocenters. The van der Waals surface area contributed by atoms with Crippen molar-refractivity contribution in [3.63, 3.8) is 0 Å². The van der Waals surface area contributed by atoms with Crippen LogP contribution in [0.2, 0.25) is 0 Å². The molecule has 1 aliphatic rings. The fourth-order valence-electron chi connectivity index (χ4n) is 2.41. The number of aromatic nitrogens is 5. The maximum Gasteiger partial charge on any atom is 0.245 e. The molecular weight excluding hydrogens is 242 g/mol. The van der Waals surface area contributed by atoms with Crippen LogP contribution in [0, 0.1) is 5.92 Å². The average molecular weight is 261 g/mol. The first-order chi connectivity index (χ1) is 9.26. The molecule has 2 aromatic rings. The van der Waals surface area contributed by atoms with Crippen molar-refractivity contribution >= 4 is 5.95 Å². The normalized spacial score (nSPS) is 17.1. The van der Waals surface area contributed by atoms with Gasteiger partial charge in [0.15, 0.2) is 5.82 Å². The minimum atomic E-state index is 0.644. The van der Waals surface area contributed by atoms with Gasteiger partial charge < -0.3 is 15.2 Å². The van der Waals surface area contributed by atoms with Gasteiger partial charge in [-0.25, -0.2) is 4.98 Å². The van der Waals surface area contributed by atoms with Gasteiger partial charge in [-0.1, -0.05) is 0 Å². The second-order valence-electron chi connectivity index (χ2n) is 5.07. The van der Waals surface area contributed by atoms with Gasteiger partial charge in [0, 0.05) is 26.3 Å². The van der Waals surface area contributed by atoms with Crippen LogP contribution in [0.25, 0.3) is 11.5 Å². The largest absolute Gasteiger partial charge is 0.340 e. The summed E-state index contributed by atoms with van der Waals surface area (Å²) in [4.78, 5) is 11.0. The van der Waals surface area contributed by atoms with Crippen molar-refractivity contribution in [1.29, 1.82) is 0 Å². The Hall–Kier alpha value is -1.89. The van der Waals surface area contributed by atoms with Crippen LogP contribution in [0.15, 0.2) is 12.5 Å². The lowest BCUT2D eigenvalue weighted by atomic mass is 9.97. The van der Waals surface area contributed by atoms with Crippen molar-refractivity contribution in [2.75, 3.05) is 24.5 Å². The van der Waals surface area contributed by atoms with E-state index in [2.05, 4.69) is 25.1 Å². The Balaban J connectivity index is 1.72. The van der Waals surface area contributed by atoms with Gasteiger partial charge in [0.25, 0.3) is 0 Å². The van der Waals surface area contributed by atoms with E-state index in [9.17, 15) is 0 Å². The van der Waals surface area contributed by atoms with Gasteiger partial charge >= 0.3 is 0 Å². The van der Waals surface area contributed by atoms with Crippen LogP contribution < -0.4 is 10.6 Å². The van der Waals surface area contributed by atoms with E-state index >= 15 is 0 Å². The third-order valence-corrected chi connectivity index (χ3v) is 3.65. The zero-order chi connectivity index (χ0) is 13.2. The van der Waals surface area contributed by atoms with Crippen molar-refractivity contribution < 1.29 is 0 Å². The van der Waals surface area contributed by atoms with Crippen molar-refractivity contribution in [2.24, 2.45) is 18.7 Å². The molecule has 7 nitrogen and oxygen atoms in total. The Morgan fingerprint density at radius 2 is 2.21 bits per heavy atom. The number of hydrogen-bond donors (Lipinski definition) is 2. The molecule has 3 heterocycles. The highest BCUT2D eigenvalue weighted by atomic mass is 15.4. The van der Waals surface area contributed by atoms with Gasteiger partial charge in [-0.05, 0) is 25.3 Å². The molecule has 0 aromatic carbocycles. The fourth-order valence-corrected chi connectivity index (χ4v) is 2.41. The molecule has 0 aliphatic carbocycles. The molecule has 0 amide bonds. The average Bonchev–Trinajstić information content (AvgIpc) is 3.07. The number of nitrogens with one attached hydrogen (secondary N) is 1. The summed E-state index contributed by atoms with van der Waals surface area (Å²) in [5.41, 5.74) is 6.52. The molecule has 0 spiro atoms. The number of nitrogens with zero attached hydrogens (tertiary/aromatic N) is 5. The lowest BCUT2D eigenvalue weighted by molar-refractivity contribution is 0.411. The first-order valence-electron chi connectivity index (χ1n) is 6.62. The molecule has 0 radical (unpaired) electrons. The molecule has 1 saturated heterocycles. The number of hydrogen-bond acceptors (Lipinski definition) is 5. The third-order valence-electron chi connectivity index (χ3n) is 3.65. The molecule has 102 valence electrons. The molecule has 0 unspecified atom stereocenters. The molecule has 2 aromatic heterocycles. The van der Waals surface area contributed by atoms with Crippen LogP contribution in [0.5, 0.6) is 0 Å². The highest BCUT2D eigenvalue weighted by Gasteiger charge is 2.21. The minimum Gasteiger partial charge on any atom is -0.340 e. The maximum absolute atomic E-state index is 5.70. The number of rotatable bonds is 3. The SMILES string of the molecule is Cn1cnc(-c2nc(N3CCC(CN)CC3)n[nH]2)c1. The molecule has 0 saturated carbocycles. The summed E-state index contributed by atoms with van der Waals surface area (Å²) in [6, 6.07) is 0. The molecular formula is C12H19N7.